The van der Waals surface area contributed by atoms with Crippen molar-refractivity contribution < 1.29 is 14.5 Å². The number of esters is 1. The zero-order valence-electron chi connectivity index (χ0n) is 9.05. The molecule has 0 aliphatic rings. The minimum Gasteiger partial charge on any atom is -0.465 e. The van der Waals surface area contributed by atoms with E-state index in [-0.39, 0.29) is 17.1 Å². The molecule has 0 radical (unpaired) electrons. The van der Waals surface area contributed by atoms with Gasteiger partial charge in [-0.25, -0.2) is 4.79 Å². The van der Waals surface area contributed by atoms with E-state index < -0.39 is 10.9 Å². The molecule has 0 amide bonds. The first-order valence-corrected chi connectivity index (χ1v) is 5.22. The van der Waals surface area contributed by atoms with Crippen LogP contribution in [0.1, 0.15) is 15.9 Å². The summed E-state index contributed by atoms with van der Waals surface area (Å²) < 4.78 is 4.52. The van der Waals surface area contributed by atoms with Gasteiger partial charge in [-0.3, -0.25) is 10.1 Å². The number of nitro benzene ring substituents is 1. The number of ether oxygens (including phenoxy) is 1. The highest BCUT2D eigenvalue weighted by Gasteiger charge is 2.13. The van der Waals surface area contributed by atoms with Crippen molar-refractivity contribution in [3.63, 3.8) is 0 Å². The fourth-order valence-corrected chi connectivity index (χ4v) is 1.34. The van der Waals surface area contributed by atoms with Crippen LogP contribution in [0.25, 0.3) is 6.08 Å². The van der Waals surface area contributed by atoms with Crippen LogP contribution in [0, 0.1) is 10.1 Å². The van der Waals surface area contributed by atoms with Crippen molar-refractivity contribution in [3.8, 4) is 0 Å². The molecule has 1 rings (SSSR count). The zero-order chi connectivity index (χ0) is 12.8. The maximum atomic E-state index is 11.3. The fourth-order valence-electron chi connectivity index (χ4n) is 1.25. The fraction of sp³-hybridized carbons (Fsp3) is 0.182. The summed E-state index contributed by atoms with van der Waals surface area (Å²) in [5.74, 6) is -0.329. The van der Waals surface area contributed by atoms with E-state index in [0.29, 0.717) is 5.56 Å². The number of halogens is 1. The normalized spacial score (nSPS) is 10.5. The predicted octanol–water partition coefficient (Wildman–Crippen LogP) is 2.63. The average molecular weight is 256 g/mol. The van der Waals surface area contributed by atoms with Crippen molar-refractivity contribution in [2.75, 3.05) is 13.0 Å². The van der Waals surface area contributed by atoms with Crippen LogP contribution in [0.15, 0.2) is 24.3 Å². The Morgan fingerprint density at radius 2 is 2.24 bits per heavy atom. The summed E-state index contributed by atoms with van der Waals surface area (Å²) in [7, 11) is 1.22. The standard InChI is InChI=1S/C11H10ClNO4/c1-17-11(14)9-5-8(3-2-4-12)6-10(7-9)13(15)16/h2-3,5-7H,4H2,1H3. The minimum absolute atomic E-state index is 0.135. The molecule has 6 heteroatoms. The van der Waals surface area contributed by atoms with Gasteiger partial charge < -0.3 is 4.74 Å². The van der Waals surface area contributed by atoms with Crippen LogP contribution in [0.4, 0.5) is 5.69 Å². The first kappa shape index (κ1) is 13.2. The number of carbonyl (C=O) groups excluding carboxylic acids is 1. The molecule has 0 saturated carbocycles. The van der Waals surface area contributed by atoms with E-state index in [0.717, 1.165) is 0 Å². The largest absolute Gasteiger partial charge is 0.465 e. The molecule has 0 aliphatic heterocycles. The zero-order valence-corrected chi connectivity index (χ0v) is 9.81. The number of non-ortho nitro benzene ring substituents is 1. The first-order chi connectivity index (χ1) is 8.08. The molecule has 0 bridgehead atoms. The highest BCUT2D eigenvalue weighted by Crippen LogP contribution is 2.19. The number of benzene rings is 1. The molecule has 0 fully saturated rings. The van der Waals surface area contributed by atoms with Crippen LogP contribution in [0.3, 0.4) is 0 Å². The van der Waals surface area contributed by atoms with Gasteiger partial charge in [-0.2, -0.15) is 0 Å². The van der Waals surface area contributed by atoms with Crippen molar-refractivity contribution in [3.05, 3.63) is 45.5 Å². The van der Waals surface area contributed by atoms with Crippen LogP contribution < -0.4 is 0 Å². The van der Waals surface area contributed by atoms with E-state index in [1.807, 2.05) is 0 Å². The quantitative estimate of drug-likeness (QED) is 0.359. The van der Waals surface area contributed by atoms with Crippen molar-refractivity contribution in [1.82, 2.24) is 0 Å². The third-order valence-electron chi connectivity index (χ3n) is 1.97. The van der Waals surface area contributed by atoms with E-state index in [1.165, 1.54) is 25.3 Å². The Labute approximate surface area is 103 Å². The van der Waals surface area contributed by atoms with Gasteiger partial charge in [0, 0.05) is 18.0 Å². The molecule has 5 nitrogen and oxygen atoms in total. The maximum absolute atomic E-state index is 11.3. The van der Waals surface area contributed by atoms with E-state index in [9.17, 15) is 14.9 Å². The molecule has 1 aromatic rings. The first-order valence-electron chi connectivity index (χ1n) is 4.68. The second-order valence-electron chi connectivity index (χ2n) is 3.12. The van der Waals surface area contributed by atoms with E-state index in [1.54, 1.807) is 12.2 Å². The number of methoxy groups -OCH3 is 1. The summed E-state index contributed by atoms with van der Waals surface area (Å²) in [5.41, 5.74) is 0.498. The van der Waals surface area contributed by atoms with Gasteiger partial charge >= 0.3 is 5.97 Å². The lowest BCUT2D eigenvalue weighted by Crippen LogP contribution is -2.02. The van der Waals surface area contributed by atoms with Gasteiger partial charge in [-0.05, 0) is 11.6 Å². The number of nitro groups is 1. The van der Waals surface area contributed by atoms with Gasteiger partial charge in [0.25, 0.3) is 5.69 Å². The van der Waals surface area contributed by atoms with Crippen molar-refractivity contribution in [2.45, 2.75) is 0 Å². The Morgan fingerprint density at radius 1 is 1.53 bits per heavy atom. The van der Waals surface area contributed by atoms with E-state index >= 15 is 0 Å². The molecule has 0 N–H and O–H groups in total. The topological polar surface area (TPSA) is 69.4 Å². The van der Waals surface area contributed by atoms with Crippen LogP contribution in [-0.4, -0.2) is 23.9 Å². The van der Waals surface area contributed by atoms with Crippen LogP contribution in [0.2, 0.25) is 0 Å². The van der Waals surface area contributed by atoms with E-state index in [2.05, 4.69) is 4.74 Å². The molecular formula is C11H10ClNO4. The highest BCUT2D eigenvalue weighted by molar-refractivity contribution is 6.19. The lowest BCUT2D eigenvalue weighted by molar-refractivity contribution is -0.384. The molecule has 90 valence electrons. The smallest absolute Gasteiger partial charge is 0.338 e. The SMILES string of the molecule is COC(=O)c1cc(C=CCCl)cc([N+](=O)[O-])c1. The van der Waals surface area contributed by atoms with Gasteiger partial charge in [0.1, 0.15) is 0 Å². The monoisotopic (exact) mass is 255 g/mol. The second-order valence-corrected chi connectivity index (χ2v) is 3.43. The Morgan fingerprint density at radius 3 is 2.76 bits per heavy atom. The summed E-state index contributed by atoms with van der Waals surface area (Å²) in [6.45, 7) is 0. The van der Waals surface area contributed by atoms with Gasteiger partial charge in [0.2, 0.25) is 0 Å². The molecular weight excluding hydrogens is 246 g/mol. The van der Waals surface area contributed by atoms with Gasteiger partial charge in [0.15, 0.2) is 0 Å². The number of hydrogen-bond donors (Lipinski definition) is 0. The molecule has 1 aromatic carbocycles. The van der Waals surface area contributed by atoms with Crippen molar-refractivity contribution in [1.29, 1.82) is 0 Å². The van der Waals surface area contributed by atoms with Crippen LogP contribution in [-0.2, 0) is 4.74 Å². The van der Waals surface area contributed by atoms with Crippen LogP contribution in [0.5, 0.6) is 0 Å². The van der Waals surface area contributed by atoms with Crippen LogP contribution >= 0.6 is 11.6 Å². The Balaban J connectivity index is 3.23. The average Bonchev–Trinajstić information content (AvgIpc) is 2.34. The lowest BCUT2D eigenvalue weighted by atomic mass is 10.1. The van der Waals surface area contributed by atoms with Gasteiger partial charge in [-0.1, -0.05) is 12.2 Å². The molecule has 0 heterocycles. The second kappa shape index (κ2) is 6.00. The third kappa shape index (κ3) is 3.57. The van der Waals surface area contributed by atoms with E-state index in [4.69, 9.17) is 11.6 Å². The Kier molecular flexibility index (Phi) is 4.66. The number of carbonyl (C=O) groups is 1. The lowest BCUT2D eigenvalue weighted by Gasteiger charge is -2.01. The Hall–Kier alpha value is -1.88. The Bertz CT molecular complexity index is 471. The summed E-state index contributed by atoms with van der Waals surface area (Å²) in [4.78, 5) is 21.4. The van der Waals surface area contributed by atoms with Crippen molar-refractivity contribution in [2.24, 2.45) is 0 Å². The molecule has 0 aromatic heterocycles. The van der Waals surface area contributed by atoms with Gasteiger partial charge in [0.05, 0.1) is 17.6 Å². The summed E-state index contributed by atoms with van der Waals surface area (Å²) in [6.07, 6.45) is 3.23. The number of hydrogen-bond acceptors (Lipinski definition) is 4. The molecule has 17 heavy (non-hydrogen) atoms. The van der Waals surface area contributed by atoms with Gasteiger partial charge in [-0.15, -0.1) is 11.6 Å². The minimum atomic E-state index is -0.616. The number of rotatable bonds is 4. The molecule has 0 atom stereocenters. The molecule has 0 unspecified atom stereocenters. The third-order valence-corrected chi connectivity index (χ3v) is 2.15. The summed E-state index contributed by atoms with van der Waals surface area (Å²) >= 11 is 5.47. The predicted molar refractivity (Wildman–Crippen MR) is 64.2 cm³/mol. The van der Waals surface area contributed by atoms with Crippen molar-refractivity contribution >= 4 is 29.3 Å². The summed E-state index contributed by atoms with van der Waals surface area (Å²) in [6, 6.07) is 4.03. The number of nitrogens with zero attached hydrogens (tertiary/aromatic N) is 1. The number of allylic oxidation sites excluding steroid dienone is 1. The maximum Gasteiger partial charge on any atom is 0.338 e. The summed E-state index contributed by atoms with van der Waals surface area (Å²) in [5, 5.41) is 10.7. The molecule has 0 aliphatic carbocycles. The molecule has 0 spiro atoms. The highest BCUT2D eigenvalue weighted by atomic mass is 35.5. The molecule has 0 saturated heterocycles. The number of alkyl halides is 1.